The van der Waals surface area contributed by atoms with E-state index in [1.807, 2.05) is 12.1 Å². The standard InChI is InChI=1S/C16H17NO4/c1-10-9-16(11(2)8-14(10)17(19)20)21-15-7-5-4-6-13(15)12(3)18/h4-9,12,18H,1-3H3. The number of benzene rings is 2. The summed E-state index contributed by atoms with van der Waals surface area (Å²) in [5.74, 6) is 1.09. The molecule has 0 aromatic heterocycles. The van der Waals surface area contributed by atoms with Crippen molar-refractivity contribution in [2.75, 3.05) is 0 Å². The van der Waals surface area contributed by atoms with E-state index in [-0.39, 0.29) is 5.69 Å². The Hall–Kier alpha value is -2.40. The molecule has 2 aromatic carbocycles. The summed E-state index contributed by atoms with van der Waals surface area (Å²) in [4.78, 5) is 10.5. The van der Waals surface area contributed by atoms with Crippen molar-refractivity contribution in [3.8, 4) is 11.5 Å². The van der Waals surface area contributed by atoms with E-state index >= 15 is 0 Å². The average Bonchev–Trinajstić information content (AvgIpc) is 2.42. The Balaban J connectivity index is 2.41. The molecule has 0 amide bonds. The molecule has 21 heavy (non-hydrogen) atoms. The van der Waals surface area contributed by atoms with Gasteiger partial charge in [-0.1, -0.05) is 18.2 Å². The Kier molecular flexibility index (Phi) is 4.23. The fourth-order valence-electron chi connectivity index (χ4n) is 2.12. The van der Waals surface area contributed by atoms with E-state index in [1.165, 1.54) is 6.07 Å². The van der Waals surface area contributed by atoms with E-state index in [1.54, 1.807) is 39.0 Å². The number of aryl methyl sites for hydroxylation is 2. The molecule has 1 atom stereocenters. The predicted molar refractivity (Wildman–Crippen MR) is 79.7 cm³/mol. The van der Waals surface area contributed by atoms with Crippen molar-refractivity contribution in [3.05, 3.63) is 63.2 Å². The molecule has 0 aliphatic rings. The van der Waals surface area contributed by atoms with Crippen molar-refractivity contribution in [1.82, 2.24) is 0 Å². The van der Waals surface area contributed by atoms with Crippen LogP contribution in [0, 0.1) is 24.0 Å². The average molecular weight is 287 g/mol. The lowest BCUT2D eigenvalue weighted by molar-refractivity contribution is -0.385. The van der Waals surface area contributed by atoms with Gasteiger partial charge in [0, 0.05) is 17.2 Å². The number of hydrogen-bond donors (Lipinski definition) is 1. The number of rotatable bonds is 4. The minimum atomic E-state index is -0.652. The fourth-order valence-corrected chi connectivity index (χ4v) is 2.12. The van der Waals surface area contributed by atoms with Crippen LogP contribution in [0.25, 0.3) is 0 Å². The summed E-state index contributed by atoms with van der Waals surface area (Å²) in [7, 11) is 0. The normalized spacial score (nSPS) is 12.0. The van der Waals surface area contributed by atoms with E-state index in [2.05, 4.69) is 0 Å². The Morgan fingerprint density at radius 1 is 1.14 bits per heavy atom. The number of aliphatic hydroxyl groups excluding tert-OH is 1. The molecule has 110 valence electrons. The minimum Gasteiger partial charge on any atom is -0.457 e. The largest absolute Gasteiger partial charge is 0.457 e. The number of nitrogens with zero attached hydrogens (tertiary/aromatic N) is 1. The van der Waals surface area contributed by atoms with Gasteiger partial charge in [0.25, 0.3) is 5.69 Å². The monoisotopic (exact) mass is 287 g/mol. The summed E-state index contributed by atoms with van der Waals surface area (Å²) >= 11 is 0. The zero-order chi connectivity index (χ0) is 15.6. The fraction of sp³-hybridized carbons (Fsp3) is 0.250. The smallest absolute Gasteiger partial charge is 0.272 e. The maximum absolute atomic E-state index is 10.9. The molecule has 2 aromatic rings. The Morgan fingerprint density at radius 3 is 2.43 bits per heavy atom. The summed E-state index contributed by atoms with van der Waals surface area (Å²) in [6.07, 6.45) is -0.652. The molecule has 0 saturated carbocycles. The number of hydrogen-bond acceptors (Lipinski definition) is 4. The Morgan fingerprint density at radius 2 is 1.81 bits per heavy atom. The summed E-state index contributed by atoms with van der Waals surface area (Å²) in [6, 6.07) is 10.3. The molecule has 0 radical (unpaired) electrons. The van der Waals surface area contributed by atoms with Gasteiger partial charge in [-0.05, 0) is 38.5 Å². The highest BCUT2D eigenvalue weighted by molar-refractivity contribution is 5.51. The lowest BCUT2D eigenvalue weighted by atomic mass is 10.1. The molecule has 0 fully saturated rings. The lowest BCUT2D eigenvalue weighted by Gasteiger charge is -2.15. The second-order valence-electron chi connectivity index (χ2n) is 4.98. The van der Waals surface area contributed by atoms with Crippen LogP contribution in [0.3, 0.4) is 0 Å². The summed E-state index contributed by atoms with van der Waals surface area (Å²) in [5.41, 5.74) is 1.96. The van der Waals surface area contributed by atoms with E-state index in [4.69, 9.17) is 4.74 Å². The van der Waals surface area contributed by atoms with Gasteiger partial charge in [0.1, 0.15) is 11.5 Å². The van der Waals surface area contributed by atoms with Crippen molar-refractivity contribution in [2.24, 2.45) is 0 Å². The summed E-state index contributed by atoms with van der Waals surface area (Å²) < 4.78 is 5.83. The Labute approximate surface area is 123 Å². The van der Waals surface area contributed by atoms with Gasteiger partial charge in [0.15, 0.2) is 0 Å². The van der Waals surface area contributed by atoms with Crippen molar-refractivity contribution in [2.45, 2.75) is 26.9 Å². The van der Waals surface area contributed by atoms with Gasteiger partial charge in [-0.2, -0.15) is 0 Å². The van der Waals surface area contributed by atoms with Crippen LogP contribution >= 0.6 is 0 Å². The molecule has 0 spiro atoms. The number of para-hydroxylation sites is 1. The Bertz CT molecular complexity index is 680. The minimum absolute atomic E-state index is 0.0728. The van der Waals surface area contributed by atoms with Crippen LogP contribution in [-0.2, 0) is 0 Å². The first-order chi connectivity index (χ1) is 9.90. The van der Waals surface area contributed by atoms with Gasteiger partial charge in [-0.15, -0.1) is 0 Å². The molecular weight excluding hydrogens is 270 g/mol. The quantitative estimate of drug-likeness (QED) is 0.680. The predicted octanol–water partition coefficient (Wildman–Crippen LogP) is 4.06. The van der Waals surface area contributed by atoms with Gasteiger partial charge in [-0.25, -0.2) is 0 Å². The molecule has 0 saturated heterocycles. The molecule has 0 heterocycles. The summed E-state index contributed by atoms with van der Waals surface area (Å²) in [6.45, 7) is 5.09. The van der Waals surface area contributed by atoms with Crippen molar-refractivity contribution >= 4 is 5.69 Å². The first-order valence-corrected chi connectivity index (χ1v) is 6.60. The van der Waals surface area contributed by atoms with Gasteiger partial charge in [0.2, 0.25) is 0 Å². The van der Waals surface area contributed by atoms with Crippen LogP contribution in [0.4, 0.5) is 5.69 Å². The van der Waals surface area contributed by atoms with Crippen LogP contribution < -0.4 is 4.74 Å². The molecule has 5 nitrogen and oxygen atoms in total. The number of aliphatic hydroxyl groups is 1. The van der Waals surface area contributed by atoms with Gasteiger partial charge in [-0.3, -0.25) is 10.1 Å². The molecule has 5 heteroatoms. The topological polar surface area (TPSA) is 72.6 Å². The second-order valence-corrected chi connectivity index (χ2v) is 4.98. The molecule has 0 bridgehead atoms. The molecule has 1 unspecified atom stereocenters. The number of nitro groups is 1. The van der Waals surface area contributed by atoms with Gasteiger partial charge >= 0.3 is 0 Å². The molecule has 2 rings (SSSR count). The van der Waals surface area contributed by atoms with E-state index in [0.717, 1.165) is 0 Å². The van der Waals surface area contributed by atoms with Crippen molar-refractivity contribution < 1.29 is 14.8 Å². The highest BCUT2D eigenvalue weighted by Crippen LogP contribution is 2.34. The third-order valence-corrected chi connectivity index (χ3v) is 3.28. The molecule has 0 aliphatic heterocycles. The van der Waals surface area contributed by atoms with Crippen LogP contribution in [0.2, 0.25) is 0 Å². The van der Waals surface area contributed by atoms with Crippen molar-refractivity contribution in [3.63, 3.8) is 0 Å². The highest BCUT2D eigenvalue weighted by atomic mass is 16.6. The second kappa shape index (κ2) is 5.93. The first kappa shape index (κ1) is 15.0. The zero-order valence-electron chi connectivity index (χ0n) is 12.2. The van der Waals surface area contributed by atoms with E-state index < -0.39 is 11.0 Å². The first-order valence-electron chi connectivity index (χ1n) is 6.60. The van der Waals surface area contributed by atoms with Gasteiger partial charge < -0.3 is 9.84 Å². The van der Waals surface area contributed by atoms with Crippen LogP contribution in [-0.4, -0.2) is 10.0 Å². The van der Waals surface area contributed by atoms with Crippen molar-refractivity contribution in [1.29, 1.82) is 0 Å². The maximum Gasteiger partial charge on any atom is 0.272 e. The third-order valence-electron chi connectivity index (χ3n) is 3.28. The number of nitro benzene ring substituents is 1. The maximum atomic E-state index is 10.9. The molecule has 0 aliphatic carbocycles. The van der Waals surface area contributed by atoms with Crippen LogP contribution in [0.15, 0.2) is 36.4 Å². The van der Waals surface area contributed by atoms with Crippen LogP contribution in [0.5, 0.6) is 11.5 Å². The SMILES string of the molecule is Cc1cc([N+](=O)[O-])c(C)cc1Oc1ccccc1C(C)O. The van der Waals surface area contributed by atoms with E-state index in [0.29, 0.717) is 28.2 Å². The van der Waals surface area contributed by atoms with Gasteiger partial charge in [0.05, 0.1) is 11.0 Å². The van der Waals surface area contributed by atoms with E-state index in [9.17, 15) is 15.2 Å². The summed E-state index contributed by atoms with van der Waals surface area (Å²) in [5, 5.41) is 20.7. The highest BCUT2D eigenvalue weighted by Gasteiger charge is 2.16. The number of ether oxygens (including phenoxy) is 1. The molecular formula is C16H17NO4. The molecule has 1 N–H and O–H groups in total. The zero-order valence-corrected chi connectivity index (χ0v) is 12.2. The third kappa shape index (κ3) is 3.20. The van der Waals surface area contributed by atoms with Crippen LogP contribution in [0.1, 0.15) is 29.7 Å². The lowest BCUT2D eigenvalue weighted by Crippen LogP contribution is -1.98.